The third-order valence-electron chi connectivity index (χ3n) is 2.55. The molecule has 1 aromatic carbocycles. The molecule has 1 N–H and O–H groups in total. The Morgan fingerprint density at radius 3 is 2.45 bits per heavy atom. The third-order valence-corrected chi connectivity index (χ3v) is 3.85. The molecule has 20 heavy (non-hydrogen) atoms. The summed E-state index contributed by atoms with van der Waals surface area (Å²) in [5.41, 5.74) is 0.400. The number of nitrogens with zero attached hydrogens (tertiary/aromatic N) is 1. The molecule has 2 rings (SSSR count). The van der Waals surface area contributed by atoms with E-state index in [9.17, 15) is 18.5 Å². The molecule has 0 fully saturated rings. The summed E-state index contributed by atoms with van der Waals surface area (Å²) >= 11 is 0. The lowest BCUT2D eigenvalue weighted by molar-refractivity contribution is -0.384. The molecule has 0 aliphatic heterocycles. The van der Waals surface area contributed by atoms with Crippen LogP contribution in [0.4, 0.5) is 5.69 Å². The standard InChI is InChI=1S/C12H12N2O5S/c15-14(16)11-5-3-10(4-6-11)9-20(17,18)13-8-12-2-1-7-19-12/h1-7,13H,8-9H2. The van der Waals surface area contributed by atoms with Crippen LogP contribution in [0.1, 0.15) is 11.3 Å². The Balaban J connectivity index is 1.98. The smallest absolute Gasteiger partial charge is 0.269 e. The van der Waals surface area contributed by atoms with Crippen LogP contribution < -0.4 is 4.72 Å². The van der Waals surface area contributed by atoms with E-state index in [1.807, 2.05) is 0 Å². The summed E-state index contributed by atoms with van der Waals surface area (Å²) in [5.74, 6) is 0.267. The normalized spacial score (nSPS) is 11.4. The van der Waals surface area contributed by atoms with E-state index >= 15 is 0 Å². The van der Waals surface area contributed by atoms with Crippen molar-refractivity contribution in [1.82, 2.24) is 4.72 Å². The lowest BCUT2D eigenvalue weighted by Crippen LogP contribution is -2.24. The van der Waals surface area contributed by atoms with Gasteiger partial charge in [-0.1, -0.05) is 12.1 Å². The second-order valence-electron chi connectivity index (χ2n) is 4.08. The number of nitrogens with one attached hydrogen (secondary N) is 1. The van der Waals surface area contributed by atoms with E-state index in [-0.39, 0.29) is 18.0 Å². The number of nitro groups is 1. The molecule has 1 aromatic heterocycles. The number of non-ortho nitro benzene ring substituents is 1. The van der Waals surface area contributed by atoms with Crippen molar-refractivity contribution in [3.05, 3.63) is 64.1 Å². The molecule has 8 heteroatoms. The Morgan fingerprint density at radius 2 is 1.90 bits per heavy atom. The lowest BCUT2D eigenvalue weighted by Gasteiger charge is -2.05. The van der Waals surface area contributed by atoms with Crippen molar-refractivity contribution in [3.63, 3.8) is 0 Å². The van der Waals surface area contributed by atoms with Gasteiger partial charge in [-0.05, 0) is 17.7 Å². The van der Waals surface area contributed by atoms with Gasteiger partial charge in [-0.2, -0.15) is 0 Å². The van der Waals surface area contributed by atoms with E-state index in [2.05, 4.69) is 4.72 Å². The first kappa shape index (κ1) is 14.2. The fourth-order valence-electron chi connectivity index (χ4n) is 1.58. The van der Waals surface area contributed by atoms with Gasteiger partial charge in [-0.15, -0.1) is 0 Å². The van der Waals surface area contributed by atoms with E-state index < -0.39 is 14.9 Å². The highest BCUT2D eigenvalue weighted by Gasteiger charge is 2.13. The molecule has 0 atom stereocenters. The summed E-state index contributed by atoms with van der Waals surface area (Å²) < 4.78 is 31.1. The summed E-state index contributed by atoms with van der Waals surface area (Å²) in [4.78, 5) is 9.96. The van der Waals surface area contributed by atoms with Gasteiger partial charge in [0.1, 0.15) is 5.76 Å². The number of rotatable bonds is 6. The van der Waals surface area contributed by atoms with Gasteiger partial charge in [0.2, 0.25) is 10.0 Å². The minimum absolute atomic E-state index is 0.0717. The zero-order chi connectivity index (χ0) is 14.6. The van der Waals surface area contributed by atoms with Crippen LogP contribution in [0, 0.1) is 10.1 Å². The summed E-state index contributed by atoms with van der Waals surface area (Å²) in [7, 11) is -3.52. The van der Waals surface area contributed by atoms with Crippen LogP contribution in [0.2, 0.25) is 0 Å². The van der Waals surface area contributed by atoms with Crippen LogP contribution in [0.3, 0.4) is 0 Å². The van der Waals surface area contributed by atoms with Crippen molar-refractivity contribution in [1.29, 1.82) is 0 Å². The first-order valence-corrected chi connectivity index (χ1v) is 7.34. The van der Waals surface area contributed by atoms with Crippen molar-refractivity contribution >= 4 is 15.7 Å². The zero-order valence-corrected chi connectivity index (χ0v) is 11.2. The van der Waals surface area contributed by atoms with E-state index in [1.54, 1.807) is 12.1 Å². The van der Waals surface area contributed by atoms with Gasteiger partial charge in [0.25, 0.3) is 5.69 Å². The topological polar surface area (TPSA) is 102 Å². The van der Waals surface area contributed by atoms with Crippen LogP contribution in [0.15, 0.2) is 47.1 Å². The molecule has 0 unspecified atom stereocenters. The molecular weight excluding hydrogens is 284 g/mol. The Morgan fingerprint density at radius 1 is 1.20 bits per heavy atom. The van der Waals surface area contributed by atoms with Crippen molar-refractivity contribution < 1.29 is 17.8 Å². The van der Waals surface area contributed by atoms with Gasteiger partial charge < -0.3 is 4.42 Å². The van der Waals surface area contributed by atoms with Crippen LogP contribution in [-0.4, -0.2) is 13.3 Å². The number of hydrogen-bond donors (Lipinski definition) is 1. The molecule has 0 aliphatic rings. The highest BCUT2D eigenvalue weighted by molar-refractivity contribution is 7.88. The second-order valence-corrected chi connectivity index (χ2v) is 5.89. The van der Waals surface area contributed by atoms with E-state index in [4.69, 9.17) is 4.42 Å². The Bertz CT molecular complexity index is 677. The highest BCUT2D eigenvalue weighted by atomic mass is 32.2. The molecule has 1 heterocycles. The largest absolute Gasteiger partial charge is 0.468 e. The van der Waals surface area contributed by atoms with Crippen molar-refractivity contribution in [2.45, 2.75) is 12.3 Å². The maximum absolute atomic E-state index is 11.8. The number of benzene rings is 1. The average molecular weight is 296 g/mol. The average Bonchev–Trinajstić information content (AvgIpc) is 2.90. The van der Waals surface area contributed by atoms with Gasteiger partial charge in [0.15, 0.2) is 0 Å². The zero-order valence-electron chi connectivity index (χ0n) is 10.4. The minimum atomic E-state index is -3.52. The summed E-state index contributed by atoms with van der Waals surface area (Å²) in [5, 5.41) is 10.5. The summed E-state index contributed by atoms with van der Waals surface area (Å²) in [6.07, 6.45) is 1.46. The van der Waals surface area contributed by atoms with Crippen molar-refractivity contribution in [2.24, 2.45) is 0 Å². The maximum atomic E-state index is 11.8. The molecule has 0 amide bonds. The number of hydrogen-bond acceptors (Lipinski definition) is 5. The SMILES string of the molecule is O=[N+]([O-])c1ccc(CS(=O)(=O)NCc2ccco2)cc1. The van der Waals surface area contributed by atoms with Crippen LogP contribution >= 0.6 is 0 Å². The monoisotopic (exact) mass is 296 g/mol. The van der Waals surface area contributed by atoms with Gasteiger partial charge in [-0.3, -0.25) is 10.1 Å². The molecular formula is C12H12N2O5S. The van der Waals surface area contributed by atoms with Crippen LogP contribution in [0.5, 0.6) is 0 Å². The van der Waals surface area contributed by atoms with Gasteiger partial charge in [-0.25, -0.2) is 13.1 Å². The van der Waals surface area contributed by atoms with Crippen LogP contribution in [0.25, 0.3) is 0 Å². The molecule has 106 valence electrons. The number of sulfonamides is 1. The fourth-order valence-corrected chi connectivity index (χ4v) is 2.67. The van der Waals surface area contributed by atoms with Gasteiger partial charge >= 0.3 is 0 Å². The predicted octanol–water partition coefficient (Wildman–Crippen LogP) is 1.81. The van der Waals surface area contributed by atoms with Crippen molar-refractivity contribution in [3.8, 4) is 0 Å². The Hall–Kier alpha value is -2.19. The first-order valence-electron chi connectivity index (χ1n) is 5.69. The number of nitro benzene ring substituents is 1. The van der Waals surface area contributed by atoms with Gasteiger partial charge in [0, 0.05) is 12.1 Å². The Labute approximate surface area is 115 Å². The molecule has 0 saturated carbocycles. The quantitative estimate of drug-likeness (QED) is 0.647. The van der Waals surface area contributed by atoms with E-state index in [0.29, 0.717) is 11.3 Å². The lowest BCUT2D eigenvalue weighted by atomic mass is 10.2. The predicted molar refractivity (Wildman–Crippen MR) is 71.3 cm³/mol. The van der Waals surface area contributed by atoms with Crippen LogP contribution in [-0.2, 0) is 22.3 Å². The first-order chi connectivity index (χ1) is 9.46. The number of furan rings is 1. The van der Waals surface area contributed by atoms with Crippen molar-refractivity contribution in [2.75, 3.05) is 0 Å². The van der Waals surface area contributed by atoms with E-state index in [1.165, 1.54) is 30.5 Å². The molecule has 0 bridgehead atoms. The Kier molecular flexibility index (Phi) is 4.16. The van der Waals surface area contributed by atoms with E-state index in [0.717, 1.165) is 0 Å². The third kappa shape index (κ3) is 3.90. The molecule has 0 spiro atoms. The highest BCUT2D eigenvalue weighted by Crippen LogP contribution is 2.13. The summed E-state index contributed by atoms with van der Waals surface area (Å²) in [6, 6.07) is 8.72. The summed E-state index contributed by atoms with van der Waals surface area (Å²) in [6.45, 7) is 0.0717. The fraction of sp³-hybridized carbons (Fsp3) is 0.167. The molecule has 2 aromatic rings. The second kappa shape index (κ2) is 5.85. The van der Waals surface area contributed by atoms with Gasteiger partial charge in [0.05, 0.1) is 23.5 Å². The molecule has 0 radical (unpaired) electrons. The molecule has 0 aliphatic carbocycles. The maximum Gasteiger partial charge on any atom is 0.269 e. The molecule has 7 nitrogen and oxygen atoms in total. The molecule has 0 saturated heterocycles. The minimum Gasteiger partial charge on any atom is -0.468 e.